The fourth-order valence-corrected chi connectivity index (χ4v) is 1.40. The summed E-state index contributed by atoms with van der Waals surface area (Å²) >= 11 is 5.34. The predicted octanol–water partition coefficient (Wildman–Crippen LogP) is 1.45. The summed E-state index contributed by atoms with van der Waals surface area (Å²) in [6.45, 7) is -0.381. The molecule has 1 atom stereocenters. The highest BCUT2D eigenvalue weighted by molar-refractivity contribution is 6.30. The van der Waals surface area contributed by atoms with Gasteiger partial charge in [-0.05, 0) is 12.1 Å². The molecule has 0 aliphatic heterocycles. The van der Waals surface area contributed by atoms with Crippen molar-refractivity contribution in [3.8, 4) is 0 Å². The van der Waals surface area contributed by atoms with Crippen LogP contribution in [0.15, 0.2) is 12.1 Å². The quantitative estimate of drug-likeness (QED) is 0.806. The van der Waals surface area contributed by atoms with Crippen molar-refractivity contribution in [2.24, 2.45) is 0 Å². The van der Waals surface area contributed by atoms with E-state index in [1.807, 2.05) is 0 Å². The third kappa shape index (κ3) is 3.87. The van der Waals surface area contributed by atoms with E-state index in [1.165, 1.54) is 0 Å². The molecule has 1 unspecified atom stereocenters. The smallest absolute Gasteiger partial charge is 0.334 e. The van der Waals surface area contributed by atoms with Gasteiger partial charge in [-0.2, -0.15) is 0 Å². The number of nitrogens with one attached hydrogen (secondary N) is 1. The molecule has 0 heterocycles. The van der Waals surface area contributed by atoms with E-state index in [0.717, 1.165) is 7.11 Å². The number of rotatable bonds is 5. The molecule has 5 nitrogen and oxygen atoms in total. The maximum Gasteiger partial charge on any atom is 0.334 e. The molecule has 1 rings (SSSR count). The Morgan fingerprint density at radius 3 is 2.58 bits per heavy atom. The number of methoxy groups -OCH3 is 1. The van der Waals surface area contributed by atoms with Crippen LogP contribution in [-0.2, 0) is 9.53 Å². The van der Waals surface area contributed by atoms with Gasteiger partial charge in [0.25, 0.3) is 5.91 Å². The SMILES string of the molecule is COC(CNC(=O)c1cc(F)c(Cl)cc1F)C(=O)O. The number of carbonyl (C=O) groups excluding carboxylic acids is 1. The second-order valence-electron chi connectivity index (χ2n) is 3.52. The van der Waals surface area contributed by atoms with Gasteiger partial charge in [0.2, 0.25) is 0 Å². The zero-order chi connectivity index (χ0) is 14.6. The van der Waals surface area contributed by atoms with Gasteiger partial charge in [-0.25, -0.2) is 13.6 Å². The van der Waals surface area contributed by atoms with Crippen molar-refractivity contribution in [3.05, 3.63) is 34.4 Å². The minimum Gasteiger partial charge on any atom is -0.479 e. The molecule has 0 spiro atoms. The Labute approximate surface area is 112 Å². The number of amides is 1. The zero-order valence-corrected chi connectivity index (χ0v) is 10.5. The van der Waals surface area contributed by atoms with Crippen LogP contribution in [0.1, 0.15) is 10.4 Å². The lowest BCUT2D eigenvalue weighted by Crippen LogP contribution is -2.38. The van der Waals surface area contributed by atoms with Gasteiger partial charge in [0.1, 0.15) is 11.6 Å². The lowest BCUT2D eigenvalue weighted by Gasteiger charge is -2.12. The van der Waals surface area contributed by atoms with E-state index in [4.69, 9.17) is 16.7 Å². The van der Waals surface area contributed by atoms with Crippen LogP contribution in [0, 0.1) is 11.6 Å². The lowest BCUT2D eigenvalue weighted by atomic mass is 10.2. The molecule has 0 aromatic heterocycles. The number of ether oxygens (including phenoxy) is 1. The molecule has 0 saturated heterocycles. The number of hydrogen-bond acceptors (Lipinski definition) is 3. The molecule has 0 radical (unpaired) electrons. The summed E-state index contributed by atoms with van der Waals surface area (Å²) in [6, 6.07) is 1.30. The van der Waals surface area contributed by atoms with Crippen molar-refractivity contribution in [2.45, 2.75) is 6.10 Å². The van der Waals surface area contributed by atoms with Crippen molar-refractivity contribution in [1.29, 1.82) is 0 Å². The van der Waals surface area contributed by atoms with Gasteiger partial charge < -0.3 is 15.2 Å². The number of halogens is 3. The fraction of sp³-hybridized carbons (Fsp3) is 0.273. The number of hydrogen-bond donors (Lipinski definition) is 2. The Bertz CT molecular complexity index is 510. The Morgan fingerprint density at radius 1 is 1.42 bits per heavy atom. The molecule has 19 heavy (non-hydrogen) atoms. The third-order valence-corrected chi connectivity index (χ3v) is 2.55. The van der Waals surface area contributed by atoms with Gasteiger partial charge in [-0.3, -0.25) is 4.79 Å². The Balaban J connectivity index is 2.79. The molecule has 8 heteroatoms. The van der Waals surface area contributed by atoms with E-state index in [-0.39, 0.29) is 6.54 Å². The van der Waals surface area contributed by atoms with Gasteiger partial charge in [0.05, 0.1) is 17.1 Å². The van der Waals surface area contributed by atoms with Crippen LogP contribution in [0.3, 0.4) is 0 Å². The molecule has 104 valence electrons. The highest BCUT2D eigenvalue weighted by Crippen LogP contribution is 2.19. The van der Waals surface area contributed by atoms with Gasteiger partial charge in [0, 0.05) is 7.11 Å². The summed E-state index contributed by atoms with van der Waals surface area (Å²) in [7, 11) is 1.15. The van der Waals surface area contributed by atoms with Crippen LogP contribution in [-0.4, -0.2) is 36.7 Å². The second-order valence-corrected chi connectivity index (χ2v) is 3.93. The monoisotopic (exact) mass is 293 g/mol. The maximum absolute atomic E-state index is 13.4. The average molecular weight is 294 g/mol. The van der Waals surface area contributed by atoms with E-state index >= 15 is 0 Å². The molecule has 0 saturated carbocycles. The molecule has 0 aliphatic rings. The number of carboxylic acid groups (broad SMARTS) is 1. The number of aliphatic carboxylic acids is 1. The van der Waals surface area contributed by atoms with Crippen LogP contribution >= 0.6 is 11.6 Å². The summed E-state index contributed by atoms with van der Waals surface area (Å²) in [4.78, 5) is 22.2. The molecular formula is C11H10ClF2NO4. The molecular weight excluding hydrogens is 284 g/mol. The topological polar surface area (TPSA) is 75.6 Å². The van der Waals surface area contributed by atoms with E-state index < -0.39 is 40.2 Å². The first-order chi connectivity index (χ1) is 8.86. The lowest BCUT2D eigenvalue weighted by molar-refractivity contribution is -0.148. The largest absolute Gasteiger partial charge is 0.479 e. The van der Waals surface area contributed by atoms with E-state index in [1.54, 1.807) is 0 Å². The summed E-state index contributed by atoms with van der Waals surface area (Å²) in [5.74, 6) is -4.20. The van der Waals surface area contributed by atoms with Gasteiger partial charge >= 0.3 is 5.97 Å². The van der Waals surface area contributed by atoms with Crippen molar-refractivity contribution >= 4 is 23.5 Å². The molecule has 2 N–H and O–H groups in total. The molecule has 1 aromatic rings. The van der Waals surface area contributed by atoms with E-state index in [2.05, 4.69) is 10.1 Å². The van der Waals surface area contributed by atoms with Crippen LogP contribution in [0.5, 0.6) is 0 Å². The minimum atomic E-state index is -1.29. The second kappa shape index (κ2) is 6.44. The Morgan fingerprint density at radius 2 is 2.05 bits per heavy atom. The van der Waals surface area contributed by atoms with Gasteiger partial charge in [-0.1, -0.05) is 11.6 Å². The first-order valence-corrected chi connectivity index (χ1v) is 5.43. The van der Waals surface area contributed by atoms with Crippen molar-refractivity contribution in [1.82, 2.24) is 5.32 Å². The maximum atomic E-state index is 13.4. The molecule has 1 amide bonds. The van der Waals surface area contributed by atoms with Crippen molar-refractivity contribution in [2.75, 3.05) is 13.7 Å². The van der Waals surface area contributed by atoms with Crippen LogP contribution in [0.25, 0.3) is 0 Å². The first-order valence-electron chi connectivity index (χ1n) is 5.05. The molecule has 0 aliphatic carbocycles. The van der Waals surface area contributed by atoms with Crippen LogP contribution in [0.4, 0.5) is 8.78 Å². The van der Waals surface area contributed by atoms with Crippen LogP contribution < -0.4 is 5.32 Å². The summed E-state index contributed by atoms with van der Waals surface area (Å²) in [6.07, 6.45) is -1.27. The van der Waals surface area contributed by atoms with E-state index in [9.17, 15) is 18.4 Å². The number of carboxylic acids is 1. The van der Waals surface area contributed by atoms with Gasteiger partial charge in [0.15, 0.2) is 6.10 Å². The Kier molecular flexibility index (Phi) is 5.20. The predicted molar refractivity (Wildman–Crippen MR) is 62.1 cm³/mol. The minimum absolute atomic E-state index is 0.381. The Hall–Kier alpha value is -1.73. The molecule has 1 aromatic carbocycles. The van der Waals surface area contributed by atoms with Crippen molar-refractivity contribution in [3.63, 3.8) is 0 Å². The highest BCUT2D eigenvalue weighted by Gasteiger charge is 2.20. The van der Waals surface area contributed by atoms with Crippen LogP contribution in [0.2, 0.25) is 5.02 Å². The summed E-state index contributed by atoms with van der Waals surface area (Å²) in [5, 5.41) is 10.3. The van der Waals surface area contributed by atoms with Gasteiger partial charge in [-0.15, -0.1) is 0 Å². The summed E-state index contributed by atoms with van der Waals surface area (Å²) in [5.41, 5.74) is -0.567. The summed E-state index contributed by atoms with van der Waals surface area (Å²) < 4.78 is 31.1. The number of carbonyl (C=O) groups is 2. The zero-order valence-electron chi connectivity index (χ0n) is 9.75. The van der Waals surface area contributed by atoms with Crippen molar-refractivity contribution < 1.29 is 28.2 Å². The normalized spacial score (nSPS) is 12.0. The molecule has 0 fully saturated rings. The highest BCUT2D eigenvalue weighted by atomic mass is 35.5. The fourth-order valence-electron chi connectivity index (χ4n) is 1.25. The number of benzene rings is 1. The van der Waals surface area contributed by atoms with E-state index in [0.29, 0.717) is 12.1 Å². The third-order valence-electron chi connectivity index (χ3n) is 2.26. The molecule has 0 bridgehead atoms. The average Bonchev–Trinajstić information content (AvgIpc) is 2.33. The standard InChI is InChI=1S/C11H10ClF2NO4/c1-19-9(11(17)18)4-15-10(16)5-2-8(14)6(12)3-7(5)13/h2-3,9H,4H2,1H3,(H,15,16)(H,17,18). The first kappa shape index (κ1) is 15.3.